The normalized spacial score (nSPS) is 22.1. The zero-order valence-corrected chi connectivity index (χ0v) is 11.8. The third-order valence-corrected chi connectivity index (χ3v) is 5.31. The smallest absolute Gasteiger partial charge is 0.246 e. The average molecular weight is 280 g/mol. The van der Waals surface area contributed by atoms with Crippen molar-refractivity contribution >= 4 is 10.0 Å². The Morgan fingerprint density at radius 2 is 2.21 bits per heavy atom. The summed E-state index contributed by atoms with van der Waals surface area (Å²) in [5, 5.41) is 8.97. The highest BCUT2D eigenvalue weighted by Gasteiger charge is 2.32. The third-order valence-electron chi connectivity index (χ3n) is 3.42. The quantitative estimate of drug-likeness (QED) is 0.777. The lowest BCUT2D eigenvalue weighted by molar-refractivity contribution is 0.159. The number of aromatic nitrogens is 1. The average Bonchev–Trinajstić information content (AvgIpc) is 2.41. The SMILES string of the molecule is CC1CN(S(=O)(=O)c2cccnc2C#N)CCN1C. The van der Waals surface area contributed by atoms with Gasteiger partial charge in [-0.3, -0.25) is 0 Å². The van der Waals surface area contributed by atoms with E-state index in [2.05, 4.69) is 9.88 Å². The van der Waals surface area contributed by atoms with Gasteiger partial charge in [-0.2, -0.15) is 9.57 Å². The maximum Gasteiger partial charge on any atom is 0.246 e. The lowest BCUT2D eigenvalue weighted by atomic mass is 10.2. The molecular weight excluding hydrogens is 264 g/mol. The largest absolute Gasteiger partial charge is 0.301 e. The van der Waals surface area contributed by atoms with Gasteiger partial charge < -0.3 is 4.90 Å². The van der Waals surface area contributed by atoms with Crippen LogP contribution in [-0.2, 0) is 10.0 Å². The third kappa shape index (κ3) is 2.61. The molecule has 0 amide bonds. The lowest BCUT2D eigenvalue weighted by Gasteiger charge is -2.36. The van der Waals surface area contributed by atoms with E-state index >= 15 is 0 Å². The number of rotatable bonds is 2. The molecule has 102 valence electrons. The molecule has 2 heterocycles. The van der Waals surface area contributed by atoms with Crippen molar-refractivity contribution in [3.63, 3.8) is 0 Å². The number of hydrogen-bond donors (Lipinski definition) is 0. The van der Waals surface area contributed by atoms with Gasteiger partial charge in [-0.05, 0) is 26.1 Å². The minimum absolute atomic E-state index is 0.00532. The van der Waals surface area contributed by atoms with Gasteiger partial charge in [0.15, 0.2) is 5.69 Å². The van der Waals surface area contributed by atoms with E-state index in [4.69, 9.17) is 5.26 Å². The molecule has 2 rings (SSSR count). The van der Waals surface area contributed by atoms with Crippen molar-refractivity contribution in [2.75, 3.05) is 26.7 Å². The Kier molecular flexibility index (Phi) is 3.85. The van der Waals surface area contributed by atoms with Crippen LogP contribution in [0.15, 0.2) is 23.2 Å². The molecular formula is C12H16N4O2S. The summed E-state index contributed by atoms with van der Waals surface area (Å²) < 4.78 is 26.5. The van der Waals surface area contributed by atoms with Crippen LogP contribution in [-0.4, -0.2) is 55.3 Å². The first kappa shape index (κ1) is 13.9. The van der Waals surface area contributed by atoms with E-state index in [9.17, 15) is 8.42 Å². The Labute approximate surface area is 113 Å². The van der Waals surface area contributed by atoms with E-state index in [0.29, 0.717) is 19.6 Å². The van der Waals surface area contributed by atoms with Gasteiger partial charge >= 0.3 is 0 Å². The van der Waals surface area contributed by atoms with Crippen LogP contribution in [0.2, 0.25) is 0 Å². The number of piperazine rings is 1. The van der Waals surface area contributed by atoms with Gasteiger partial charge in [-0.15, -0.1) is 0 Å². The number of pyridine rings is 1. The number of likely N-dealkylation sites (N-methyl/N-ethyl adjacent to an activating group) is 1. The molecule has 0 N–H and O–H groups in total. The summed E-state index contributed by atoms with van der Waals surface area (Å²) in [5.41, 5.74) is -0.0471. The Bertz CT molecular complexity index is 608. The van der Waals surface area contributed by atoms with Crippen LogP contribution >= 0.6 is 0 Å². The zero-order valence-electron chi connectivity index (χ0n) is 10.9. The highest BCUT2D eigenvalue weighted by molar-refractivity contribution is 7.89. The molecule has 1 saturated heterocycles. The van der Waals surface area contributed by atoms with Crippen LogP contribution in [0.25, 0.3) is 0 Å². The van der Waals surface area contributed by atoms with Gasteiger partial charge in [0.25, 0.3) is 0 Å². The maximum atomic E-state index is 12.5. The number of sulfonamides is 1. The van der Waals surface area contributed by atoms with Crippen molar-refractivity contribution in [3.05, 3.63) is 24.0 Å². The van der Waals surface area contributed by atoms with Crippen molar-refractivity contribution in [2.45, 2.75) is 17.9 Å². The fourth-order valence-corrected chi connectivity index (χ4v) is 3.66. The zero-order chi connectivity index (χ0) is 14.0. The molecule has 0 saturated carbocycles. The van der Waals surface area contributed by atoms with Crippen molar-refractivity contribution in [2.24, 2.45) is 0 Å². The molecule has 1 fully saturated rings. The first-order chi connectivity index (χ1) is 8.96. The van der Waals surface area contributed by atoms with Gasteiger partial charge in [0.05, 0.1) is 0 Å². The molecule has 1 unspecified atom stereocenters. The van der Waals surface area contributed by atoms with E-state index in [1.165, 1.54) is 22.6 Å². The highest BCUT2D eigenvalue weighted by atomic mass is 32.2. The van der Waals surface area contributed by atoms with E-state index < -0.39 is 10.0 Å². The monoisotopic (exact) mass is 280 g/mol. The van der Waals surface area contributed by atoms with Crippen molar-refractivity contribution in [1.29, 1.82) is 5.26 Å². The molecule has 6 nitrogen and oxygen atoms in total. The summed E-state index contributed by atoms with van der Waals surface area (Å²) >= 11 is 0. The molecule has 0 bridgehead atoms. The summed E-state index contributed by atoms with van der Waals surface area (Å²) in [5.74, 6) is 0. The van der Waals surface area contributed by atoms with Crippen molar-refractivity contribution in [1.82, 2.24) is 14.2 Å². The molecule has 1 aliphatic rings. The molecule has 1 aliphatic heterocycles. The minimum Gasteiger partial charge on any atom is -0.301 e. The van der Waals surface area contributed by atoms with Gasteiger partial charge in [-0.25, -0.2) is 13.4 Å². The van der Waals surface area contributed by atoms with Crippen LogP contribution in [0, 0.1) is 11.3 Å². The summed E-state index contributed by atoms with van der Waals surface area (Å²) in [6.45, 7) is 3.53. The van der Waals surface area contributed by atoms with Crippen LogP contribution in [0.1, 0.15) is 12.6 Å². The van der Waals surface area contributed by atoms with Crippen molar-refractivity contribution < 1.29 is 8.42 Å². The second-order valence-corrected chi connectivity index (χ2v) is 6.56. The lowest BCUT2D eigenvalue weighted by Crippen LogP contribution is -2.51. The Morgan fingerprint density at radius 3 is 2.84 bits per heavy atom. The molecule has 0 radical (unpaired) electrons. The van der Waals surface area contributed by atoms with Crippen LogP contribution in [0.4, 0.5) is 0 Å². The summed E-state index contributed by atoms with van der Waals surface area (Å²) in [4.78, 5) is 5.92. The molecule has 1 atom stereocenters. The molecule has 19 heavy (non-hydrogen) atoms. The van der Waals surface area contributed by atoms with E-state index in [1.54, 1.807) is 0 Å². The summed E-state index contributed by atoms with van der Waals surface area (Å²) in [7, 11) is -1.67. The van der Waals surface area contributed by atoms with Crippen LogP contribution < -0.4 is 0 Å². The van der Waals surface area contributed by atoms with Gasteiger partial charge in [0, 0.05) is 31.9 Å². The molecule has 0 aliphatic carbocycles. The fraction of sp³-hybridized carbons (Fsp3) is 0.500. The van der Waals surface area contributed by atoms with Gasteiger partial charge in [0.1, 0.15) is 11.0 Å². The number of hydrogen-bond acceptors (Lipinski definition) is 5. The van der Waals surface area contributed by atoms with Crippen molar-refractivity contribution in [3.8, 4) is 6.07 Å². The first-order valence-corrected chi connectivity index (χ1v) is 7.46. The maximum absolute atomic E-state index is 12.5. The predicted octanol–water partition coefficient (Wildman–Crippen LogP) is 0.278. The van der Waals surface area contributed by atoms with E-state index in [-0.39, 0.29) is 16.6 Å². The predicted molar refractivity (Wildman–Crippen MR) is 69.8 cm³/mol. The molecule has 1 aromatic rings. The first-order valence-electron chi connectivity index (χ1n) is 6.02. The molecule has 0 spiro atoms. The Morgan fingerprint density at radius 1 is 1.47 bits per heavy atom. The molecule has 0 aromatic carbocycles. The summed E-state index contributed by atoms with van der Waals surface area (Å²) in [6.07, 6.45) is 1.42. The summed E-state index contributed by atoms with van der Waals surface area (Å²) in [6, 6.07) is 4.96. The van der Waals surface area contributed by atoms with Crippen LogP contribution in [0.3, 0.4) is 0 Å². The van der Waals surface area contributed by atoms with E-state index in [1.807, 2.05) is 20.0 Å². The highest BCUT2D eigenvalue weighted by Crippen LogP contribution is 2.21. The minimum atomic E-state index is -3.64. The Hall–Kier alpha value is -1.49. The molecule has 1 aromatic heterocycles. The number of nitrogens with zero attached hydrogens (tertiary/aromatic N) is 4. The fourth-order valence-electron chi connectivity index (χ4n) is 2.06. The van der Waals surface area contributed by atoms with Gasteiger partial charge in [0.2, 0.25) is 10.0 Å². The second-order valence-electron chi connectivity index (χ2n) is 4.65. The Balaban J connectivity index is 2.36. The van der Waals surface area contributed by atoms with Crippen LogP contribution in [0.5, 0.6) is 0 Å². The second kappa shape index (κ2) is 5.25. The molecule has 7 heteroatoms. The van der Waals surface area contributed by atoms with Gasteiger partial charge in [-0.1, -0.05) is 0 Å². The topological polar surface area (TPSA) is 77.3 Å². The standard InChI is InChI=1S/C12H16N4O2S/c1-10-9-16(7-6-15(10)2)19(17,18)12-4-3-5-14-11(12)8-13/h3-5,10H,6-7,9H2,1-2H3. The number of nitriles is 1. The van der Waals surface area contributed by atoms with E-state index in [0.717, 1.165) is 0 Å².